The van der Waals surface area contributed by atoms with Gasteiger partial charge in [-0.25, -0.2) is 9.18 Å². The summed E-state index contributed by atoms with van der Waals surface area (Å²) in [7, 11) is 0. The van der Waals surface area contributed by atoms with E-state index in [9.17, 15) is 19.1 Å². The van der Waals surface area contributed by atoms with Crippen molar-refractivity contribution in [1.82, 2.24) is 5.32 Å². The first kappa shape index (κ1) is 24.2. The van der Waals surface area contributed by atoms with Gasteiger partial charge in [0.1, 0.15) is 10.8 Å². The van der Waals surface area contributed by atoms with Crippen LogP contribution in [-0.4, -0.2) is 32.0 Å². The summed E-state index contributed by atoms with van der Waals surface area (Å²) in [5.74, 6) is -1.36. The summed E-state index contributed by atoms with van der Waals surface area (Å²) in [5, 5.41) is 12.8. The lowest BCUT2D eigenvalue weighted by Crippen LogP contribution is -2.57. The van der Waals surface area contributed by atoms with E-state index in [1.807, 2.05) is 0 Å². The topological polar surface area (TPSA) is 104 Å². The van der Waals surface area contributed by atoms with Crippen LogP contribution in [0.1, 0.15) is 15.9 Å². The van der Waals surface area contributed by atoms with Crippen LogP contribution in [-0.2, 0) is 0 Å². The molecule has 11 heteroatoms. The first-order chi connectivity index (χ1) is 15.0. The van der Waals surface area contributed by atoms with Gasteiger partial charge in [0.2, 0.25) is 5.06 Å². The Balaban J connectivity index is 2.06. The third-order valence-corrected chi connectivity index (χ3v) is 6.79. The van der Waals surface area contributed by atoms with E-state index in [0.29, 0.717) is 16.8 Å². The second-order valence-corrected chi connectivity index (χ2v) is 8.68. The molecule has 0 spiro atoms. The van der Waals surface area contributed by atoms with Gasteiger partial charge in [-0.15, -0.1) is 11.6 Å². The number of amides is 3. The molecule has 5 N–H and O–H groups in total. The first-order valence-corrected chi connectivity index (χ1v) is 10.5. The van der Waals surface area contributed by atoms with E-state index in [0.717, 1.165) is 0 Å². The standard InChI is InChI=1S/C21H15Cl3FN3O3S/c22-16-9-11(10-20(23,21(16,24)31)18(32)28-19(26)30)12-5-2-4-8-15(12)27-17(29)13-6-1-3-7-14(13)25/h1-10,31H,(H,27,29)(H3,26,28,30,32). The van der Waals surface area contributed by atoms with Crippen LogP contribution in [0.15, 0.2) is 65.7 Å². The zero-order valence-electron chi connectivity index (χ0n) is 16.0. The molecule has 0 bridgehead atoms. The highest BCUT2D eigenvalue weighted by atomic mass is 35.5. The number of carbonyl (C=O) groups is 2. The van der Waals surface area contributed by atoms with Crippen molar-refractivity contribution in [2.75, 3.05) is 5.32 Å². The number of hydrogen-bond donors (Lipinski definition) is 4. The average molecular weight is 515 g/mol. The molecule has 0 radical (unpaired) electrons. The molecule has 0 aromatic heterocycles. The van der Waals surface area contributed by atoms with Gasteiger partial charge in [0.25, 0.3) is 5.91 Å². The normalized spacial score (nSPS) is 22.4. The monoisotopic (exact) mass is 513 g/mol. The summed E-state index contributed by atoms with van der Waals surface area (Å²) in [6.07, 6.45) is 2.61. The fourth-order valence-corrected chi connectivity index (χ4v) is 4.16. The summed E-state index contributed by atoms with van der Waals surface area (Å²) >= 11 is 24.0. The van der Waals surface area contributed by atoms with E-state index in [-0.39, 0.29) is 15.6 Å². The highest BCUT2D eigenvalue weighted by Gasteiger charge is 2.55. The molecular weight excluding hydrogens is 500 g/mol. The molecular formula is C21H15Cl3FN3O3S. The lowest BCUT2D eigenvalue weighted by Gasteiger charge is -2.39. The maximum absolute atomic E-state index is 14.0. The molecule has 2 aromatic carbocycles. The second-order valence-electron chi connectivity index (χ2n) is 6.72. The van der Waals surface area contributed by atoms with Crippen LogP contribution in [0.4, 0.5) is 14.9 Å². The van der Waals surface area contributed by atoms with E-state index in [1.165, 1.54) is 36.4 Å². The predicted molar refractivity (Wildman–Crippen MR) is 127 cm³/mol. The number of thiocarbonyl (C=S) groups is 1. The fraction of sp³-hybridized carbons (Fsp3) is 0.0952. The number of urea groups is 1. The third kappa shape index (κ3) is 4.51. The fourth-order valence-electron chi connectivity index (χ4n) is 3.01. The molecule has 3 amide bonds. The van der Waals surface area contributed by atoms with Crippen LogP contribution < -0.4 is 16.4 Å². The van der Waals surface area contributed by atoms with E-state index >= 15 is 0 Å². The minimum Gasteiger partial charge on any atom is -0.368 e. The van der Waals surface area contributed by atoms with Gasteiger partial charge in [-0.1, -0.05) is 65.8 Å². The molecule has 1 aliphatic rings. The van der Waals surface area contributed by atoms with Crippen LogP contribution in [0.25, 0.3) is 5.57 Å². The minimum atomic E-state index is -2.40. The number of para-hydroxylation sites is 1. The number of rotatable bonds is 4. The lowest BCUT2D eigenvalue weighted by atomic mass is 9.88. The molecule has 0 fully saturated rings. The van der Waals surface area contributed by atoms with Gasteiger partial charge in [0.05, 0.1) is 10.6 Å². The van der Waals surface area contributed by atoms with Gasteiger partial charge < -0.3 is 21.5 Å². The zero-order chi connectivity index (χ0) is 23.7. The second kappa shape index (κ2) is 9.17. The number of anilines is 1. The Morgan fingerprint density at radius 2 is 1.72 bits per heavy atom. The molecule has 0 aliphatic heterocycles. The van der Waals surface area contributed by atoms with Crippen molar-refractivity contribution < 1.29 is 19.1 Å². The van der Waals surface area contributed by atoms with Gasteiger partial charge in [0.15, 0.2) is 4.87 Å². The van der Waals surface area contributed by atoms with E-state index in [1.54, 1.807) is 24.3 Å². The maximum atomic E-state index is 14.0. The lowest BCUT2D eigenvalue weighted by molar-refractivity contribution is 0.102. The largest absolute Gasteiger partial charge is 0.368 e. The molecule has 166 valence electrons. The van der Waals surface area contributed by atoms with Crippen LogP contribution >= 0.6 is 47.0 Å². The summed E-state index contributed by atoms with van der Waals surface area (Å²) in [4.78, 5) is 21.4. The van der Waals surface area contributed by atoms with Crippen molar-refractivity contribution in [2.24, 2.45) is 5.73 Å². The maximum Gasteiger partial charge on any atom is 0.317 e. The minimum absolute atomic E-state index is 0.151. The van der Waals surface area contributed by atoms with Crippen molar-refractivity contribution in [3.8, 4) is 0 Å². The number of carbonyl (C=O) groups excluding carboxylic acids is 2. The Kier molecular flexibility index (Phi) is 6.92. The number of alkyl halides is 2. The number of allylic oxidation sites excluding steroid dienone is 2. The number of primary amides is 1. The molecule has 6 nitrogen and oxygen atoms in total. The van der Waals surface area contributed by atoms with E-state index in [2.05, 4.69) is 10.6 Å². The SMILES string of the molecule is NC(=O)NC(=S)C1(Cl)C=C(c2ccccc2NC(=O)c2ccccc2F)C=C(Cl)C1(O)Cl. The predicted octanol–water partition coefficient (Wildman–Crippen LogP) is 4.50. The highest BCUT2D eigenvalue weighted by Crippen LogP contribution is 2.48. The molecule has 0 saturated heterocycles. The molecule has 0 heterocycles. The quantitative estimate of drug-likeness (QED) is 0.356. The number of nitrogens with two attached hydrogens (primary N) is 1. The van der Waals surface area contributed by atoms with E-state index < -0.39 is 27.7 Å². The molecule has 3 rings (SSSR count). The van der Waals surface area contributed by atoms with Gasteiger partial charge in [-0.2, -0.15) is 0 Å². The Bertz CT molecular complexity index is 1190. The molecule has 2 aromatic rings. The summed E-state index contributed by atoms with van der Waals surface area (Å²) < 4.78 is 14.0. The van der Waals surface area contributed by atoms with E-state index in [4.69, 9.17) is 52.8 Å². The molecule has 32 heavy (non-hydrogen) atoms. The van der Waals surface area contributed by atoms with Crippen molar-refractivity contribution >= 4 is 75.2 Å². The van der Waals surface area contributed by atoms with Gasteiger partial charge in [0, 0.05) is 11.3 Å². The molecule has 0 saturated carbocycles. The molecule has 2 unspecified atom stereocenters. The Hall–Kier alpha value is -2.49. The van der Waals surface area contributed by atoms with Crippen molar-refractivity contribution in [2.45, 2.75) is 9.93 Å². The number of nitrogens with one attached hydrogen (secondary N) is 2. The van der Waals surface area contributed by atoms with Crippen LogP contribution in [0, 0.1) is 5.82 Å². The Labute approximate surface area is 202 Å². The number of benzene rings is 2. The molecule has 2 atom stereocenters. The number of halogens is 4. The van der Waals surface area contributed by atoms with Crippen molar-refractivity contribution in [3.63, 3.8) is 0 Å². The van der Waals surface area contributed by atoms with Gasteiger partial charge in [-0.05, 0) is 35.9 Å². The smallest absolute Gasteiger partial charge is 0.317 e. The zero-order valence-corrected chi connectivity index (χ0v) is 19.1. The van der Waals surface area contributed by atoms with Crippen LogP contribution in [0.2, 0.25) is 0 Å². The Morgan fingerprint density at radius 3 is 2.38 bits per heavy atom. The number of hydrogen-bond acceptors (Lipinski definition) is 4. The first-order valence-electron chi connectivity index (χ1n) is 8.94. The van der Waals surface area contributed by atoms with Crippen molar-refractivity contribution in [1.29, 1.82) is 0 Å². The summed E-state index contributed by atoms with van der Waals surface area (Å²) in [6, 6.07) is 11.0. The van der Waals surface area contributed by atoms with Crippen LogP contribution in [0.5, 0.6) is 0 Å². The average Bonchev–Trinajstić information content (AvgIpc) is 2.72. The van der Waals surface area contributed by atoms with Crippen molar-refractivity contribution in [3.05, 3.63) is 82.7 Å². The van der Waals surface area contributed by atoms with Crippen LogP contribution in [0.3, 0.4) is 0 Å². The molecule has 1 aliphatic carbocycles. The summed E-state index contributed by atoms with van der Waals surface area (Å²) in [5.41, 5.74) is 5.97. The Morgan fingerprint density at radius 1 is 1.09 bits per heavy atom. The van der Waals surface area contributed by atoms with Gasteiger partial charge in [-0.3, -0.25) is 4.79 Å². The van der Waals surface area contributed by atoms with Gasteiger partial charge >= 0.3 is 6.03 Å². The summed E-state index contributed by atoms with van der Waals surface area (Å²) in [6.45, 7) is 0. The third-order valence-electron chi connectivity index (χ3n) is 4.61. The number of aliphatic hydroxyl groups is 1. The highest BCUT2D eigenvalue weighted by molar-refractivity contribution is 7.80.